The van der Waals surface area contributed by atoms with E-state index in [2.05, 4.69) is 190 Å². The van der Waals surface area contributed by atoms with Crippen LogP contribution in [0, 0.1) is 55.4 Å². The predicted molar refractivity (Wildman–Crippen MR) is 406 cm³/mol. The quantitative estimate of drug-likeness (QED) is 0.0575. The highest BCUT2D eigenvalue weighted by Crippen LogP contribution is 2.20. The number of nitrogens with one attached hydrogen (secondary N) is 9. The van der Waals surface area contributed by atoms with E-state index >= 15 is 0 Å². The molecule has 18 aromatic rings. The van der Waals surface area contributed by atoms with E-state index in [1.165, 1.54) is 51.6 Å². The van der Waals surface area contributed by atoms with Crippen molar-refractivity contribution in [1.82, 2.24) is 186 Å². The molecule has 0 unspecified atom stereocenters. The molecule has 0 spiro atoms. The lowest BCUT2D eigenvalue weighted by Gasteiger charge is -1.99. The topological polar surface area (TPSA) is 516 Å². The van der Waals surface area contributed by atoms with E-state index in [0.29, 0.717) is 58.0 Å². The highest BCUT2D eigenvalue weighted by molar-refractivity contribution is 5.89. The van der Waals surface area contributed by atoms with Crippen molar-refractivity contribution < 1.29 is 9.53 Å². The van der Waals surface area contributed by atoms with Gasteiger partial charge in [0.05, 0.1) is 12.7 Å². The first-order chi connectivity index (χ1) is 54.2. The van der Waals surface area contributed by atoms with E-state index in [1.807, 2.05) is 250 Å². The fraction of sp³-hybridized carbons (Fsp3) is 0.123. The summed E-state index contributed by atoms with van der Waals surface area (Å²) in [5.41, 5.74) is 18.9. The summed E-state index contributed by atoms with van der Waals surface area (Å²) in [6, 6.07) is 70.6. The standard InChI is InChI=1S/C9H8N4O2.8C8H8N4/c1-15-9(14)7-4-2-6(3-5-7)8-10-12-13-11-8;8*1-6-2-4-7(5-3-6)8-9-11-12-10-8/h2-5H,1H3,(H,10,11,12,13);8*2-5H,1H3,(H,9,10,11,12). The maximum atomic E-state index is 11.1. The molecule has 0 aliphatic heterocycles. The summed E-state index contributed by atoms with van der Waals surface area (Å²) >= 11 is 0. The first-order valence-corrected chi connectivity index (χ1v) is 33.6. The van der Waals surface area contributed by atoms with Gasteiger partial charge in [0.2, 0.25) is 52.4 Å². The number of ether oxygens (including phenoxy) is 1. The molecular weight excluding hydrogens is 1410 g/mol. The van der Waals surface area contributed by atoms with Crippen LogP contribution in [-0.4, -0.2) is 199 Å². The first kappa shape index (κ1) is 77.7. The summed E-state index contributed by atoms with van der Waals surface area (Å²) in [6.45, 7) is 16.3. The molecule has 38 heteroatoms. The van der Waals surface area contributed by atoms with Crippen LogP contribution in [0.5, 0.6) is 0 Å². The molecule has 9 aromatic carbocycles. The zero-order chi connectivity index (χ0) is 77.8. The van der Waals surface area contributed by atoms with E-state index in [9.17, 15) is 4.79 Å². The minimum atomic E-state index is -0.366. The maximum absolute atomic E-state index is 11.1. The smallest absolute Gasteiger partial charge is 0.337 e. The molecule has 0 amide bonds. The summed E-state index contributed by atoms with van der Waals surface area (Å²) < 4.78 is 4.58. The number of nitrogens with zero attached hydrogens (tertiary/aromatic N) is 27. The Balaban J connectivity index is 0.000000133. The van der Waals surface area contributed by atoms with E-state index in [-0.39, 0.29) is 5.97 Å². The highest BCUT2D eigenvalue weighted by Gasteiger charge is 2.10. The summed E-state index contributed by atoms with van der Waals surface area (Å²) in [7, 11) is 1.34. The number of carbonyl (C=O) groups is 1. The third-order valence-corrected chi connectivity index (χ3v) is 15.2. The molecule has 556 valence electrons. The number of esters is 1. The van der Waals surface area contributed by atoms with Crippen LogP contribution < -0.4 is 0 Å². The lowest BCUT2D eigenvalue weighted by molar-refractivity contribution is 0.0600. The van der Waals surface area contributed by atoms with Crippen molar-refractivity contribution in [3.8, 4) is 102 Å². The third-order valence-electron chi connectivity index (χ3n) is 15.2. The Morgan fingerprint density at radius 3 is 0.414 bits per heavy atom. The fourth-order valence-electron chi connectivity index (χ4n) is 9.05. The van der Waals surface area contributed by atoms with Crippen molar-refractivity contribution in [1.29, 1.82) is 0 Å². The molecule has 0 saturated heterocycles. The van der Waals surface area contributed by atoms with E-state index in [1.54, 1.807) is 24.3 Å². The van der Waals surface area contributed by atoms with Crippen LogP contribution in [0.1, 0.15) is 54.9 Å². The minimum absolute atomic E-state index is 0.366. The number of methoxy groups -OCH3 is 1. The predicted octanol–water partition coefficient (Wildman–Crippen LogP) is 10.1. The van der Waals surface area contributed by atoms with E-state index in [0.717, 1.165) is 50.1 Å². The van der Waals surface area contributed by atoms with Crippen molar-refractivity contribution in [2.75, 3.05) is 7.11 Å². The molecule has 0 bridgehead atoms. The van der Waals surface area contributed by atoms with E-state index < -0.39 is 0 Å². The van der Waals surface area contributed by atoms with Crippen molar-refractivity contribution in [2.45, 2.75) is 55.4 Å². The van der Waals surface area contributed by atoms with Gasteiger partial charge in [-0.05, 0) is 114 Å². The van der Waals surface area contributed by atoms with Gasteiger partial charge in [0.25, 0.3) is 0 Å². The minimum Gasteiger partial charge on any atom is -0.465 e. The van der Waals surface area contributed by atoms with Gasteiger partial charge in [0.15, 0.2) is 0 Å². The summed E-state index contributed by atoms with van der Waals surface area (Å²) in [6.07, 6.45) is 0. The van der Waals surface area contributed by atoms with Gasteiger partial charge in [-0.2, -0.15) is 46.9 Å². The maximum Gasteiger partial charge on any atom is 0.337 e. The number of carbonyl (C=O) groups excluding carboxylic acids is 1. The monoisotopic (exact) mass is 1480 g/mol. The SMILES string of the molecule is COC(=O)c1ccc(-c2nn[nH]n2)cc1.Cc1ccc(-c2nn[nH]n2)cc1.Cc1ccc(-c2nn[nH]n2)cc1.Cc1ccc(-c2nn[nH]n2)cc1.Cc1ccc(-c2nn[nH]n2)cc1.Cc1ccc(-c2nn[nH]n2)cc1.Cc1ccc(-c2nn[nH]n2)cc1.Cc1ccc(-c2nn[nH]n2)cc1.Cc1ccc(-c2nn[nH]n2)cc1. The number of aryl methyl sites for hydroxylation is 8. The van der Waals surface area contributed by atoms with Gasteiger partial charge >= 0.3 is 5.97 Å². The molecule has 9 N–H and O–H groups in total. The van der Waals surface area contributed by atoms with Crippen LogP contribution in [0.15, 0.2) is 218 Å². The molecule has 9 aromatic heterocycles. The van der Waals surface area contributed by atoms with Crippen LogP contribution in [0.4, 0.5) is 0 Å². The van der Waals surface area contributed by atoms with Gasteiger partial charge in [-0.15, -0.1) is 91.8 Å². The Bertz CT molecular complexity index is 4540. The fourth-order valence-corrected chi connectivity index (χ4v) is 9.05. The summed E-state index contributed by atoms with van der Waals surface area (Å²) in [5, 5.41) is 123. The zero-order valence-electron chi connectivity index (χ0n) is 61.2. The van der Waals surface area contributed by atoms with Gasteiger partial charge in [0, 0.05) is 50.1 Å². The van der Waals surface area contributed by atoms with Gasteiger partial charge in [0.1, 0.15) is 0 Å². The Hall–Kier alpha value is -15.9. The van der Waals surface area contributed by atoms with Crippen molar-refractivity contribution >= 4 is 5.97 Å². The molecule has 0 aliphatic rings. The second-order valence-electron chi connectivity index (χ2n) is 23.6. The number of H-pyrrole nitrogens is 9. The average molecular weight is 1490 g/mol. The number of aromatic nitrogens is 36. The lowest BCUT2D eigenvalue weighted by Crippen LogP contribution is -2.00. The number of aromatic amines is 9. The average Bonchev–Trinajstić information content (AvgIpc) is 1.86. The number of rotatable bonds is 10. The Kier molecular flexibility index (Phi) is 28.7. The van der Waals surface area contributed by atoms with Gasteiger partial charge < -0.3 is 4.74 Å². The number of benzene rings is 9. The number of tetrazole rings is 9. The molecule has 38 nitrogen and oxygen atoms in total. The Morgan fingerprint density at radius 1 is 0.198 bits per heavy atom. The molecule has 111 heavy (non-hydrogen) atoms. The molecular formula is C73H72N36O2. The third kappa shape index (κ3) is 24.9. The van der Waals surface area contributed by atoms with Crippen LogP contribution in [0.25, 0.3) is 102 Å². The molecule has 9 heterocycles. The normalized spacial score (nSPS) is 10.1. The highest BCUT2D eigenvalue weighted by atomic mass is 16.5. The summed E-state index contributed by atoms with van der Waals surface area (Å²) in [4.78, 5) is 11.1. The van der Waals surface area contributed by atoms with Crippen LogP contribution in [0.3, 0.4) is 0 Å². The van der Waals surface area contributed by atoms with Gasteiger partial charge in [-0.3, -0.25) is 0 Å². The number of hydrogen-bond acceptors (Lipinski definition) is 29. The second-order valence-corrected chi connectivity index (χ2v) is 23.6. The second kappa shape index (κ2) is 41.0. The molecule has 0 aliphatic carbocycles. The van der Waals surface area contributed by atoms with E-state index in [4.69, 9.17) is 0 Å². The molecule has 0 saturated carbocycles. The van der Waals surface area contributed by atoms with Gasteiger partial charge in [-0.25, -0.2) is 4.79 Å². The van der Waals surface area contributed by atoms with Gasteiger partial charge in [-0.1, -0.05) is 251 Å². The number of hydrogen-bond donors (Lipinski definition) is 9. The zero-order valence-corrected chi connectivity index (χ0v) is 61.2. The lowest BCUT2D eigenvalue weighted by atomic mass is 10.1. The van der Waals surface area contributed by atoms with Crippen LogP contribution in [0.2, 0.25) is 0 Å². The summed E-state index contributed by atoms with van der Waals surface area (Å²) in [5.74, 6) is 5.20. The van der Waals surface area contributed by atoms with Crippen molar-refractivity contribution in [3.05, 3.63) is 268 Å². The Labute approximate surface area is 631 Å². The molecule has 0 atom stereocenters. The largest absolute Gasteiger partial charge is 0.465 e. The van der Waals surface area contributed by atoms with Crippen molar-refractivity contribution in [3.63, 3.8) is 0 Å². The van der Waals surface area contributed by atoms with Crippen LogP contribution in [-0.2, 0) is 4.74 Å². The Morgan fingerprint density at radius 2 is 0.315 bits per heavy atom. The molecule has 18 rings (SSSR count). The molecule has 0 radical (unpaired) electrons. The molecule has 0 fully saturated rings. The van der Waals surface area contributed by atoms with Crippen molar-refractivity contribution in [2.24, 2.45) is 0 Å². The van der Waals surface area contributed by atoms with Crippen LogP contribution >= 0.6 is 0 Å². The first-order valence-electron chi connectivity index (χ1n) is 33.6.